The smallest absolute Gasteiger partial charge is 0.239 e. The molecule has 1 aliphatic heterocycles. The number of carbonyl (C=O) groups is 2. The Labute approximate surface area is 118 Å². The van der Waals surface area contributed by atoms with Crippen molar-refractivity contribution in [3.05, 3.63) is 35.0 Å². The number of fused-ring (bicyclic) bond motifs is 5. The third-order valence-electron chi connectivity index (χ3n) is 4.42. The van der Waals surface area contributed by atoms with Gasteiger partial charge in [0.25, 0.3) is 0 Å². The number of nitrogens with zero attached hydrogens (tertiary/aromatic N) is 2. The first-order valence-corrected chi connectivity index (χ1v) is 7.14. The molecule has 1 saturated carbocycles. The summed E-state index contributed by atoms with van der Waals surface area (Å²) in [6, 6.07) is 3.56. The van der Waals surface area contributed by atoms with Gasteiger partial charge in [0.05, 0.1) is 16.3 Å². The summed E-state index contributed by atoms with van der Waals surface area (Å²) < 4.78 is 0.678. The number of pyridine rings is 1. The van der Waals surface area contributed by atoms with Gasteiger partial charge in [0.15, 0.2) is 5.82 Å². The summed E-state index contributed by atoms with van der Waals surface area (Å²) in [4.78, 5) is 30.5. The lowest BCUT2D eigenvalue weighted by molar-refractivity contribution is -0.123. The minimum absolute atomic E-state index is 0.0914. The molecule has 0 spiro atoms. The van der Waals surface area contributed by atoms with E-state index in [1.807, 2.05) is 0 Å². The van der Waals surface area contributed by atoms with Crippen LogP contribution >= 0.6 is 15.9 Å². The van der Waals surface area contributed by atoms with Gasteiger partial charge in [-0.25, -0.2) is 9.88 Å². The second-order valence-corrected chi connectivity index (χ2v) is 6.17. The number of allylic oxidation sites excluding steroid dienone is 2. The lowest BCUT2D eigenvalue weighted by Crippen LogP contribution is -2.33. The number of amides is 2. The Kier molecular flexibility index (Phi) is 2.24. The molecule has 96 valence electrons. The van der Waals surface area contributed by atoms with Gasteiger partial charge in [0.1, 0.15) is 0 Å². The summed E-state index contributed by atoms with van der Waals surface area (Å²) in [5.41, 5.74) is 0. The molecule has 19 heavy (non-hydrogen) atoms. The minimum Gasteiger partial charge on any atom is -0.274 e. The molecule has 0 aromatic carbocycles. The second-order valence-electron chi connectivity index (χ2n) is 5.32. The van der Waals surface area contributed by atoms with Crippen molar-refractivity contribution in [2.24, 2.45) is 23.7 Å². The van der Waals surface area contributed by atoms with Crippen LogP contribution in [0.5, 0.6) is 0 Å². The fourth-order valence-electron chi connectivity index (χ4n) is 3.65. The van der Waals surface area contributed by atoms with Crippen molar-refractivity contribution in [2.45, 2.75) is 6.42 Å². The summed E-state index contributed by atoms with van der Waals surface area (Å²) in [5.74, 6) is 0.370. The SMILES string of the molecule is O=C1C2C3C=CC(C3)C2C(=O)N1c1ncccc1Br. The standard InChI is InChI=1S/C14H11BrN2O2/c15-9-2-1-5-16-12(9)17-13(18)10-7-3-4-8(6-7)11(10)14(17)19/h1-5,7-8,10-11H,6H2. The van der Waals surface area contributed by atoms with Crippen molar-refractivity contribution < 1.29 is 9.59 Å². The molecular weight excluding hydrogens is 308 g/mol. The third kappa shape index (κ3) is 1.36. The zero-order valence-corrected chi connectivity index (χ0v) is 11.6. The van der Waals surface area contributed by atoms with Crippen LogP contribution < -0.4 is 4.90 Å². The van der Waals surface area contributed by atoms with Gasteiger partial charge in [-0.3, -0.25) is 9.59 Å². The number of hydrogen-bond acceptors (Lipinski definition) is 3. The first-order valence-electron chi connectivity index (χ1n) is 6.35. The van der Waals surface area contributed by atoms with Gasteiger partial charge in [-0.15, -0.1) is 0 Å². The molecule has 0 N–H and O–H groups in total. The van der Waals surface area contributed by atoms with Crippen LogP contribution in [0.4, 0.5) is 5.82 Å². The maximum atomic E-state index is 12.6. The van der Waals surface area contributed by atoms with E-state index in [1.165, 1.54) is 4.90 Å². The summed E-state index contributed by atoms with van der Waals surface area (Å²) in [6.07, 6.45) is 6.73. The summed E-state index contributed by atoms with van der Waals surface area (Å²) in [5, 5.41) is 0. The zero-order chi connectivity index (χ0) is 13.1. The fraction of sp³-hybridized carbons (Fsp3) is 0.357. The van der Waals surface area contributed by atoms with Crippen LogP contribution in [0, 0.1) is 23.7 Å². The van der Waals surface area contributed by atoms with E-state index in [-0.39, 0.29) is 35.5 Å². The molecule has 1 aromatic heterocycles. The number of imide groups is 1. The Morgan fingerprint density at radius 3 is 2.37 bits per heavy atom. The molecule has 2 aliphatic carbocycles. The van der Waals surface area contributed by atoms with E-state index in [0.29, 0.717) is 10.3 Å². The van der Waals surface area contributed by atoms with Gasteiger partial charge in [0.2, 0.25) is 11.8 Å². The van der Waals surface area contributed by atoms with Crippen molar-refractivity contribution in [3.63, 3.8) is 0 Å². The molecule has 0 radical (unpaired) electrons. The Hall–Kier alpha value is -1.49. The number of aromatic nitrogens is 1. The fourth-order valence-corrected chi connectivity index (χ4v) is 4.09. The number of halogens is 1. The van der Waals surface area contributed by atoms with E-state index < -0.39 is 0 Å². The van der Waals surface area contributed by atoms with Crippen LogP contribution in [0.15, 0.2) is 35.0 Å². The molecule has 4 rings (SSSR count). The molecule has 2 amide bonds. The molecule has 1 saturated heterocycles. The van der Waals surface area contributed by atoms with E-state index in [1.54, 1.807) is 18.3 Å². The molecule has 5 heteroatoms. The number of carbonyl (C=O) groups excluding carboxylic acids is 2. The van der Waals surface area contributed by atoms with Gasteiger partial charge in [-0.1, -0.05) is 12.2 Å². The molecule has 2 fully saturated rings. The van der Waals surface area contributed by atoms with Crippen LogP contribution in [0.25, 0.3) is 0 Å². The molecule has 4 nitrogen and oxygen atoms in total. The van der Waals surface area contributed by atoms with Gasteiger partial charge >= 0.3 is 0 Å². The van der Waals surface area contributed by atoms with Crippen LogP contribution in [-0.2, 0) is 9.59 Å². The van der Waals surface area contributed by atoms with Gasteiger partial charge in [0, 0.05) is 6.20 Å². The average molecular weight is 319 g/mol. The predicted octanol–water partition coefficient (Wildman–Crippen LogP) is 2.16. The maximum absolute atomic E-state index is 12.6. The van der Waals surface area contributed by atoms with Gasteiger partial charge in [-0.05, 0) is 46.3 Å². The van der Waals surface area contributed by atoms with Crippen molar-refractivity contribution in [1.29, 1.82) is 0 Å². The topological polar surface area (TPSA) is 50.3 Å². The summed E-state index contributed by atoms with van der Waals surface area (Å²) in [6.45, 7) is 0. The second kappa shape index (κ2) is 3.76. The van der Waals surface area contributed by atoms with Crippen molar-refractivity contribution in [2.75, 3.05) is 4.90 Å². The van der Waals surface area contributed by atoms with Crippen molar-refractivity contribution in [1.82, 2.24) is 4.98 Å². The average Bonchev–Trinajstić information content (AvgIpc) is 3.06. The highest BCUT2D eigenvalue weighted by molar-refractivity contribution is 9.10. The van der Waals surface area contributed by atoms with Gasteiger partial charge < -0.3 is 0 Å². The van der Waals surface area contributed by atoms with Crippen molar-refractivity contribution >= 4 is 33.6 Å². The monoisotopic (exact) mass is 318 g/mol. The summed E-state index contributed by atoms with van der Waals surface area (Å²) >= 11 is 3.36. The van der Waals surface area contributed by atoms with Crippen LogP contribution in [0.2, 0.25) is 0 Å². The first kappa shape index (κ1) is 11.3. The van der Waals surface area contributed by atoms with Crippen LogP contribution in [-0.4, -0.2) is 16.8 Å². The lowest BCUT2D eigenvalue weighted by atomic mass is 9.85. The highest BCUT2D eigenvalue weighted by Crippen LogP contribution is 2.53. The quantitative estimate of drug-likeness (QED) is 0.589. The van der Waals surface area contributed by atoms with E-state index >= 15 is 0 Å². The number of rotatable bonds is 1. The lowest BCUT2D eigenvalue weighted by Gasteiger charge is -2.17. The molecule has 4 atom stereocenters. The van der Waals surface area contributed by atoms with Crippen molar-refractivity contribution in [3.8, 4) is 0 Å². The normalized spacial score (nSPS) is 35.3. The van der Waals surface area contributed by atoms with Gasteiger partial charge in [-0.2, -0.15) is 0 Å². The van der Waals surface area contributed by atoms with E-state index in [4.69, 9.17) is 0 Å². The first-order chi connectivity index (χ1) is 9.18. The van der Waals surface area contributed by atoms with E-state index in [0.717, 1.165) is 6.42 Å². The van der Waals surface area contributed by atoms with Crippen LogP contribution in [0.3, 0.4) is 0 Å². The molecule has 1 aromatic rings. The third-order valence-corrected chi connectivity index (χ3v) is 5.04. The van der Waals surface area contributed by atoms with E-state index in [2.05, 4.69) is 33.1 Å². The highest BCUT2D eigenvalue weighted by Gasteiger charge is 2.60. The van der Waals surface area contributed by atoms with E-state index in [9.17, 15) is 9.59 Å². The summed E-state index contributed by atoms with van der Waals surface area (Å²) in [7, 11) is 0. The molecular formula is C14H11BrN2O2. The highest BCUT2D eigenvalue weighted by atomic mass is 79.9. The maximum Gasteiger partial charge on any atom is 0.239 e. The molecule has 4 unspecified atom stereocenters. The Balaban J connectivity index is 1.79. The molecule has 2 heterocycles. The minimum atomic E-state index is -0.170. The number of anilines is 1. The molecule has 3 aliphatic rings. The zero-order valence-electron chi connectivity index (χ0n) is 9.99. The largest absolute Gasteiger partial charge is 0.274 e. The van der Waals surface area contributed by atoms with Crippen LogP contribution in [0.1, 0.15) is 6.42 Å². The Morgan fingerprint density at radius 2 is 1.79 bits per heavy atom. The molecule has 2 bridgehead atoms. The Morgan fingerprint density at radius 1 is 1.16 bits per heavy atom. The Bertz CT molecular complexity index is 598. The number of hydrogen-bond donors (Lipinski definition) is 0. The predicted molar refractivity (Wildman–Crippen MR) is 72.1 cm³/mol.